The van der Waals surface area contributed by atoms with Gasteiger partial charge < -0.3 is 9.47 Å². The van der Waals surface area contributed by atoms with Crippen LogP contribution >= 0.6 is 22.6 Å². The zero-order valence-electron chi connectivity index (χ0n) is 7.33. The lowest BCUT2D eigenvalue weighted by Crippen LogP contribution is -2.03. The molecule has 0 heterocycles. The summed E-state index contributed by atoms with van der Waals surface area (Å²) < 4.78 is 11.0. The molecule has 3 nitrogen and oxygen atoms in total. The number of carbonyl (C=O) groups is 1. The van der Waals surface area contributed by atoms with Crippen molar-refractivity contribution in [3.8, 4) is 11.5 Å². The van der Waals surface area contributed by atoms with Crippen LogP contribution < -0.4 is 9.47 Å². The number of ether oxygens (including phenoxy) is 2. The number of carbonyl (C=O) groups excluding carboxylic acids is 1. The summed E-state index contributed by atoms with van der Waals surface area (Å²) in [6, 6.07) is 5.40. The van der Waals surface area contributed by atoms with Gasteiger partial charge in [-0.3, -0.25) is 4.79 Å². The van der Waals surface area contributed by atoms with E-state index in [1.165, 1.54) is 14.0 Å². The Kier molecular flexibility index (Phi) is 3.53. The quantitative estimate of drug-likeness (QED) is 0.476. The minimum Gasteiger partial charge on any atom is -0.493 e. The lowest BCUT2D eigenvalue weighted by atomic mass is 10.3. The third-order valence-electron chi connectivity index (χ3n) is 1.38. The van der Waals surface area contributed by atoms with E-state index in [0.29, 0.717) is 11.5 Å². The van der Waals surface area contributed by atoms with Crippen LogP contribution in [0.5, 0.6) is 11.5 Å². The zero-order chi connectivity index (χ0) is 9.84. The van der Waals surface area contributed by atoms with Gasteiger partial charge in [-0.1, -0.05) is 0 Å². The van der Waals surface area contributed by atoms with Crippen LogP contribution in [0.15, 0.2) is 18.2 Å². The van der Waals surface area contributed by atoms with Gasteiger partial charge in [0, 0.05) is 10.5 Å². The largest absolute Gasteiger partial charge is 0.493 e. The number of hydrogen-bond donors (Lipinski definition) is 0. The molecule has 0 spiro atoms. The van der Waals surface area contributed by atoms with Crippen molar-refractivity contribution in [3.63, 3.8) is 0 Å². The topological polar surface area (TPSA) is 35.5 Å². The average molecular weight is 292 g/mol. The Morgan fingerprint density at radius 3 is 2.62 bits per heavy atom. The van der Waals surface area contributed by atoms with Crippen molar-refractivity contribution < 1.29 is 14.3 Å². The Morgan fingerprint density at radius 2 is 2.08 bits per heavy atom. The van der Waals surface area contributed by atoms with Gasteiger partial charge in [0.05, 0.1) is 7.11 Å². The van der Waals surface area contributed by atoms with Gasteiger partial charge in [-0.2, -0.15) is 0 Å². The second-order valence-corrected chi connectivity index (χ2v) is 3.63. The molecule has 0 aliphatic carbocycles. The summed E-state index contributed by atoms with van der Waals surface area (Å²) in [6.07, 6.45) is 0. The number of methoxy groups -OCH3 is 1. The van der Waals surface area contributed by atoms with Crippen LogP contribution in [0.3, 0.4) is 0 Å². The van der Waals surface area contributed by atoms with Gasteiger partial charge >= 0.3 is 5.97 Å². The number of benzene rings is 1. The molecule has 0 aromatic heterocycles. The van der Waals surface area contributed by atoms with Crippen molar-refractivity contribution in [2.24, 2.45) is 0 Å². The van der Waals surface area contributed by atoms with Crippen LogP contribution in [0.25, 0.3) is 0 Å². The molecule has 1 aromatic rings. The fraction of sp³-hybridized carbons (Fsp3) is 0.222. The van der Waals surface area contributed by atoms with Crippen LogP contribution in [0.2, 0.25) is 0 Å². The van der Waals surface area contributed by atoms with E-state index in [0.717, 1.165) is 3.57 Å². The predicted octanol–water partition coefficient (Wildman–Crippen LogP) is 2.23. The van der Waals surface area contributed by atoms with Gasteiger partial charge in [0.15, 0.2) is 11.5 Å². The van der Waals surface area contributed by atoms with Gasteiger partial charge in [0.1, 0.15) is 0 Å². The molecule has 0 bridgehead atoms. The standard InChI is InChI=1S/C9H9IO3/c1-6(11)13-9-5-7(10)3-4-8(9)12-2/h3-5H,1-2H3. The lowest BCUT2D eigenvalue weighted by Gasteiger charge is -2.07. The van der Waals surface area contributed by atoms with Crippen LogP contribution in [0, 0.1) is 3.57 Å². The minimum absolute atomic E-state index is 0.347. The van der Waals surface area contributed by atoms with Crippen molar-refractivity contribution in [1.29, 1.82) is 0 Å². The van der Waals surface area contributed by atoms with Crippen molar-refractivity contribution >= 4 is 28.6 Å². The maximum atomic E-state index is 10.7. The van der Waals surface area contributed by atoms with Crippen molar-refractivity contribution in [3.05, 3.63) is 21.8 Å². The number of hydrogen-bond acceptors (Lipinski definition) is 3. The van der Waals surface area contributed by atoms with Gasteiger partial charge in [-0.15, -0.1) is 0 Å². The Bertz CT molecular complexity index is 323. The average Bonchev–Trinajstić information content (AvgIpc) is 2.03. The summed E-state index contributed by atoms with van der Waals surface area (Å²) >= 11 is 2.14. The Morgan fingerprint density at radius 1 is 1.38 bits per heavy atom. The van der Waals surface area contributed by atoms with Crippen LogP contribution in [-0.4, -0.2) is 13.1 Å². The molecule has 0 saturated heterocycles. The summed E-state index contributed by atoms with van der Waals surface area (Å²) in [5, 5.41) is 0. The molecule has 0 radical (unpaired) electrons. The van der Waals surface area contributed by atoms with E-state index in [1.807, 2.05) is 6.07 Å². The molecule has 13 heavy (non-hydrogen) atoms. The number of rotatable bonds is 2. The Labute approximate surface area is 90.2 Å². The first kappa shape index (κ1) is 10.3. The van der Waals surface area contributed by atoms with E-state index in [1.54, 1.807) is 12.1 Å². The van der Waals surface area contributed by atoms with Gasteiger partial charge in [0.2, 0.25) is 0 Å². The number of esters is 1. The normalized spacial score (nSPS) is 9.46. The first-order chi connectivity index (χ1) is 6.13. The maximum absolute atomic E-state index is 10.7. The highest BCUT2D eigenvalue weighted by atomic mass is 127. The minimum atomic E-state index is -0.347. The monoisotopic (exact) mass is 292 g/mol. The molecule has 0 N–H and O–H groups in total. The highest BCUT2D eigenvalue weighted by Gasteiger charge is 2.06. The van der Waals surface area contributed by atoms with Crippen molar-refractivity contribution in [2.75, 3.05) is 7.11 Å². The molecule has 0 aliphatic rings. The third-order valence-corrected chi connectivity index (χ3v) is 2.05. The molecular weight excluding hydrogens is 283 g/mol. The lowest BCUT2D eigenvalue weighted by molar-refractivity contribution is -0.132. The summed E-state index contributed by atoms with van der Waals surface area (Å²) in [5.74, 6) is 0.679. The highest BCUT2D eigenvalue weighted by molar-refractivity contribution is 14.1. The third kappa shape index (κ3) is 2.87. The maximum Gasteiger partial charge on any atom is 0.308 e. The fourth-order valence-electron chi connectivity index (χ4n) is 0.885. The molecular formula is C9H9IO3. The summed E-state index contributed by atoms with van der Waals surface area (Å²) in [7, 11) is 1.54. The van der Waals surface area contributed by atoms with Crippen molar-refractivity contribution in [1.82, 2.24) is 0 Å². The Hall–Kier alpha value is -0.780. The van der Waals surface area contributed by atoms with Crippen molar-refractivity contribution in [2.45, 2.75) is 6.92 Å². The predicted molar refractivity (Wildman–Crippen MR) is 57.0 cm³/mol. The highest BCUT2D eigenvalue weighted by Crippen LogP contribution is 2.28. The second kappa shape index (κ2) is 4.45. The molecule has 0 atom stereocenters. The SMILES string of the molecule is COc1ccc(I)cc1OC(C)=O. The molecule has 70 valence electrons. The molecule has 1 aromatic carbocycles. The molecule has 0 saturated carbocycles. The fourth-order valence-corrected chi connectivity index (χ4v) is 1.35. The molecule has 0 unspecified atom stereocenters. The molecule has 1 rings (SSSR count). The smallest absolute Gasteiger partial charge is 0.308 e. The first-order valence-corrected chi connectivity index (χ1v) is 4.73. The van der Waals surface area contributed by atoms with Gasteiger partial charge in [-0.25, -0.2) is 0 Å². The van der Waals surface area contributed by atoms with Crippen LogP contribution in [0.4, 0.5) is 0 Å². The summed E-state index contributed by atoms with van der Waals surface area (Å²) in [6.45, 7) is 1.36. The molecule has 0 fully saturated rings. The van der Waals surface area contributed by atoms with Gasteiger partial charge in [0.25, 0.3) is 0 Å². The zero-order valence-corrected chi connectivity index (χ0v) is 9.49. The van der Waals surface area contributed by atoms with E-state index in [2.05, 4.69) is 22.6 Å². The van der Waals surface area contributed by atoms with Gasteiger partial charge in [-0.05, 0) is 40.8 Å². The second-order valence-electron chi connectivity index (χ2n) is 2.39. The molecule has 4 heteroatoms. The summed E-state index contributed by atoms with van der Waals surface area (Å²) in [4.78, 5) is 10.7. The Balaban J connectivity index is 3.01. The summed E-state index contributed by atoms with van der Waals surface area (Å²) in [5.41, 5.74) is 0. The first-order valence-electron chi connectivity index (χ1n) is 3.65. The van der Waals surface area contributed by atoms with E-state index < -0.39 is 0 Å². The molecule has 0 amide bonds. The van der Waals surface area contributed by atoms with E-state index >= 15 is 0 Å². The van der Waals surface area contributed by atoms with Crippen LogP contribution in [-0.2, 0) is 4.79 Å². The van der Waals surface area contributed by atoms with Crippen LogP contribution in [0.1, 0.15) is 6.92 Å². The van der Waals surface area contributed by atoms with E-state index in [-0.39, 0.29) is 5.97 Å². The molecule has 0 aliphatic heterocycles. The van der Waals surface area contributed by atoms with E-state index in [9.17, 15) is 4.79 Å². The van der Waals surface area contributed by atoms with E-state index in [4.69, 9.17) is 9.47 Å². The number of halogens is 1.